The van der Waals surface area contributed by atoms with Gasteiger partial charge in [0, 0.05) is 26.2 Å². The van der Waals surface area contributed by atoms with Gasteiger partial charge in [0.05, 0.1) is 23.4 Å². The molecule has 0 saturated heterocycles. The van der Waals surface area contributed by atoms with Crippen molar-refractivity contribution in [3.63, 3.8) is 0 Å². The number of aryl methyl sites for hydroxylation is 1. The third-order valence-corrected chi connectivity index (χ3v) is 3.49. The van der Waals surface area contributed by atoms with Crippen molar-refractivity contribution in [2.45, 2.75) is 46.6 Å². The molecule has 1 rings (SSSR count). The van der Waals surface area contributed by atoms with E-state index in [4.69, 9.17) is 5.26 Å². The second-order valence-electron chi connectivity index (χ2n) is 5.74. The average Bonchev–Trinajstić information content (AvgIpc) is 2.44. The average molecular weight is 276 g/mol. The minimum absolute atomic E-state index is 0.0673. The Morgan fingerprint density at radius 1 is 1.45 bits per heavy atom. The fourth-order valence-corrected chi connectivity index (χ4v) is 1.87. The Morgan fingerprint density at radius 2 is 2.15 bits per heavy atom. The SMILES string of the molecule is CCN(C)c1cnn(CCCCC(C)(C)C#N)c(=O)c1. The highest BCUT2D eigenvalue weighted by molar-refractivity contribution is 5.41. The van der Waals surface area contributed by atoms with E-state index in [9.17, 15) is 4.79 Å². The summed E-state index contributed by atoms with van der Waals surface area (Å²) < 4.78 is 1.49. The van der Waals surface area contributed by atoms with E-state index in [-0.39, 0.29) is 11.0 Å². The Labute approximate surface area is 120 Å². The van der Waals surface area contributed by atoms with Gasteiger partial charge in [0.15, 0.2) is 0 Å². The third kappa shape index (κ3) is 4.69. The molecule has 0 atom stereocenters. The maximum Gasteiger partial charge on any atom is 0.268 e. The Kier molecular flexibility index (Phi) is 5.75. The second kappa shape index (κ2) is 7.09. The van der Waals surface area contributed by atoms with Crippen LogP contribution >= 0.6 is 0 Å². The molecule has 0 unspecified atom stereocenters. The van der Waals surface area contributed by atoms with Gasteiger partial charge in [0.2, 0.25) is 0 Å². The fraction of sp³-hybridized carbons (Fsp3) is 0.667. The second-order valence-corrected chi connectivity index (χ2v) is 5.74. The molecule has 0 amide bonds. The molecule has 0 aliphatic carbocycles. The van der Waals surface area contributed by atoms with Gasteiger partial charge in [-0.05, 0) is 33.6 Å². The van der Waals surface area contributed by atoms with Gasteiger partial charge < -0.3 is 4.90 Å². The lowest BCUT2D eigenvalue weighted by Crippen LogP contribution is -2.25. The first kappa shape index (κ1) is 16.2. The summed E-state index contributed by atoms with van der Waals surface area (Å²) in [6.45, 7) is 7.35. The Hall–Kier alpha value is -1.83. The van der Waals surface area contributed by atoms with E-state index in [0.717, 1.165) is 31.5 Å². The molecule has 0 N–H and O–H groups in total. The minimum Gasteiger partial charge on any atom is -0.373 e. The van der Waals surface area contributed by atoms with Gasteiger partial charge >= 0.3 is 0 Å². The van der Waals surface area contributed by atoms with Crippen molar-refractivity contribution in [3.8, 4) is 6.07 Å². The van der Waals surface area contributed by atoms with Crippen LogP contribution in [0.3, 0.4) is 0 Å². The van der Waals surface area contributed by atoms with Crippen molar-refractivity contribution in [2.24, 2.45) is 5.41 Å². The van der Waals surface area contributed by atoms with E-state index in [0.29, 0.717) is 6.54 Å². The van der Waals surface area contributed by atoms with Crippen LogP contribution in [0.15, 0.2) is 17.1 Å². The van der Waals surface area contributed by atoms with Crippen molar-refractivity contribution in [3.05, 3.63) is 22.6 Å². The molecule has 0 spiro atoms. The van der Waals surface area contributed by atoms with Crippen LogP contribution in [0.4, 0.5) is 5.69 Å². The summed E-state index contributed by atoms with van der Waals surface area (Å²) >= 11 is 0. The predicted octanol–water partition coefficient (Wildman–Crippen LogP) is 2.42. The summed E-state index contributed by atoms with van der Waals surface area (Å²) in [5.74, 6) is 0. The lowest BCUT2D eigenvalue weighted by Gasteiger charge is -2.16. The van der Waals surface area contributed by atoms with E-state index >= 15 is 0 Å². The molecule has 5 heteroatoms. The molecule has 5 nitrogen and oxygen atoms in total. The maximum absolute atomic E-state index is 11.9. The van der Waals surface area contributed by atoms with Crippen LogP contribution in [0.1, 0.15) is 40.0 Å². The molecular formula is C15H24N4O. The van der Waals surface area contributed by atoms with Crippen LogP contribution in [0.2, 0.25) is 0 Å². The Balaban J connectivity index is 2.54. The molecule has 0 bridgehead atoms. The van der Waals surface area contributed by atoms with Gasteiger partial charge in [0.25, 0.3) is 5.56 Å². The number of hydrogen-bond donors (Lipinski definition) is 0. The standard InChI is InChI=1S/C15H24N4O/c1-5-18(4)13-10-14(20)19(17-11-13)9-7-6-8-15(2,3)12-16/h10-11H,5-9H2,1-4H3. The van der Waals surface area contributed by atoms with Gasteiger partial charge in [-0.25, -0.2) is 4.68 Å². The molecule has 0 saturated carbocycles. The number of rotatable bonds is 7. The number of anilines is 1. The summed E-state index contributed by atoms with van der Waals surface area (Å²) in [5, 5.41) is 13.1. The molecule has 0 aliphatic rings. The largest absolute Gasteiger partial charge is 0.373 e. The molecule has 1 aromatic heterocycles. The highest BCUT2D eigenvalue weighted by Crippen LogP contribution is 2.21. The summed E-state index contributed by atoms with van der Waals surface area (Å²) in [7, 11) is 1.94. The summed E-state index contributed by atoms with van der Waals surface area (Å²) in [5.41, 5.74) is 0.494. The van der Waals surface area contributed by atoms with Crippen LogP contribution in [0.25, 0.3) is 0 Å². The molecule has 110 valence electrons. The van der Waals surface area contributed by atoms with Gasteiger partial charge in [-0.1, -0.05) is 6.42 Å². The number of nitriles is 1. The van der Waals surface area contributed by atoms with Crippen LogP contribution in [0, 0.1) is 16.7 Å². The van der Waals surface area contributed by atoms with Crippen molar-refractivity contribution in [1.82, 2.24) is 9.78 Å². The van der Waals surface area contributed by atoms with Crippen molar-refractivity contribution >= 4 is 5.69 Å². The lowest BCUT2D eigenvalue weighted by atomic mass is 9.89. The minimum atomic E-state index is -0.286. The highest BCUT2D eigenvalue weighted by atomic mass is 16.1. The van der Waals surface area contributed by atoms with E-state index < -0.39 is 0 Å². The molecule has 0 fully saturated rings. The zero-order chi connectivity index (χ0) is 15.2. The number of hydrogen-bond acceptors (Lipinski definition) is 4. The zero-order valence-electron chi connectivity index (χ0n) is 12.9. The third-order valence-electron chi connectivity index (χ3n) is 3.49. The van der Waals surface area contributed by atoms with E-state index in [2.05, 4.69) is 11.2 Å². The molecule has 20 heavy (non-hydrogen) atoms. The summed E-state index contributed by atoms with van der Waals surface area (Å²) in [4.78, 5) is 13.9. The number of unbranched alkanes of at least 4 members (excludes halogenated alkanes) is 1. The first-order chi connectivity index (χ1) is 9.39. The zero-order valence-corrected chi connectivity index (χ0v) is 12.9. The molecule has 0 aliphatic heterocycles. The maximum atomic E-state index is 11.9. The van der Waals surface area contributed by atoms with Crippen molar-refractivity contribution < 1.29 is 0 Å². The first-order valence-corrected chi connectivity index (χ1v) is 7.09. The molecule has 0 aromatic carbocycles. The van der Waals surface area contributed by atoms with Gasteiger partial charge in [-0.2, -0.15) is 10.4 Å². The Morgan fingerprint density at radius 3 is 2.70 bits per heavy atom. The summed E-state index contributed by atoms with van der Waals surface area (Å²) in [6, 6.07) is 3.91. The normalized spacial score (nSPS) is 11.2. The van der Waals surface area contributed by atoms with E-state index in [1.165, 1.54) is 4.68 Å². The smallest absolute Gasteiger partial charge is 0.268 e. The topological polar surface area (TPSA) is 61.9 Å². The molecule has 1 heterocycles. The fourth-order valence-electron chi connectivity index (χ4n) is 1.87. The van der Waals surface area contributed by atoms with E-state index in [1.807, 2.05) is 32.7 Å². The van der Waals surface area contributed by atoms with Crippen LogP contribution < -0.4 is 10.5 Å². The van der Waals surface area contributed by atoms with Gasteiger partial charge in [-0.3, -0.25) is 4.79 Å². The van der Waals surface area contributed by atoms with Crippen LogP contribution in [-0.2, 0) is 6.54 Å². The highest BCUT2D eigenvalue weighted by Gasteiger charge is 2.15. The molecule has 1 aromatic rings. The van der Waals surface area contributed by atoms with Crippen molar-refractivity contribution in [2.75, 3.05) is 18.5 Å². The molecule has 0 radical (unpaired) electrons. The Bertz CT molecular complexity index is 527. The molecular weight excluding hydrogens is 252 g/mol. The van der Waals surface area contributed by atoms with Crippen LogP contribution in [-0.4, -0.2) is 23.4 Å². The van der Waals surface area contributed by atoms with Gasteiger partial charge in [-0.15, -0.1) is 0 Å². The quantitative estimate of drug-likeness (QED) is 0.717. The van der Waals surface area contributed by atoms with Gasteiger partial charge in [0.1, 0.15) is 0 Å². The van der Waals surface area contributed by atoms with Crippen LogP contribution in [0.5, 0.6) is 0 Å². The monoisotopic (exact) mass is 276 g/mol. The van der Waals surface area contributed by atoms with E-state index in [1.54, 1.807) is 12.3 Å². The first-order valence-electron chi connectivity index (χ1n) is 7.09. The summed E-state index contributed by atoms with van der Waals surface area (Å²) in [6.07, 6.45) is 4.35. The van der Waals surface area contributed by atoms with Crippen molar-refractivity contribution in [1.29, 1.82) is 5.26 Å². The predicted molar refractivity (Wildman–Crippen MR) is 80.7 cm³/mol. The lowest BCUT2D eigenvalue weighted by molar-refractivity contribution is 0.408. The number of aromatic nitrogens is 2. The number of nitrogens with zero attached hydrogens (tertiary/aromatic N) is 4.